The van der Waals surface area contributed by atoms with Gasteiger partial charge in [-0.25, -0.2) is 13.5 Å². The fourth-order valence-electron chi connectivity index (χ4n) is 1.72. The van der Waals surface area contributed by atoms with Crippen LogP contribution in [-0.2, 0) is 6.54 Å². The Morgan fingerprint density at radius 2 is 2.11 bits per heavy atom. The van der Waals surface area contributed by atoms with E-state index in [-0.39, 0.29) is 5.69 Å². The summed E-state index contributed by atoms with van der Waals surface area (Å²) in [6, 6.07) is 3.46. The molecular weight excluding hydrogens is 236 g/mol. The Morgan fingerprint density at radius 3 is 2.78 bits per heavy atom. The van der Waals surface area contributed by atoms with Gasteiger partial charge in [0.05, 0.1) is 5.69 Å². The van der Waals surface area contributed by atoms with Crippen LogP contribution in [0.3, 0.4) is 0 Å². The zero-order chi connectivity index (χ0) is 13.1. The van der Waals surface area contributed by atoms with E-state index in [4.69, 9.17) is 0 Å². The summed E-state index contributed by atoms with van der Waals surface area (Å²) in [5.74, 6) is -1.21. The highest BCUT2D eigenvalue weighted by molar-refractivity contribution is 5.34. The molecule has 0 aliphatic heterocycles. The topological polar surface area (TPSA) is 29.9 Å². The van der Waals surface area contributed by atoms with Gasteiger partial charge in [0, 0.05) is 24.4 Å². The van der Waals surface area contributed by atoms with E-state index in [0.29, 0.717) is 6.54 Å². The molecule has 0 atom stereocenters. The summed E-state index contributed by atoms with van der Waals surface area (Å²) < 4.78 is 27.9. The Labute approximate surface area is 104 Å². The van der Waals surface area contributed by atoms with Crippen LogP contribution in [-0.4, -0.2) is 16.3 Å². The molecule has 5 heteroatoms. The minimum Gasteiger partial charge on any atom is -0.313 e. The van der Waals surface area contributed by atoms with E-state index >= 15 is 0 Å². The number of rotatable bonds is 4. The average molecular weight is 251 g/mol. The van der Waals surface area contributed by atoms with Crippen LogP contribution < -0.4 is 5.32 Å². The van der Waals surface area contributed by atoms with E-state index in [1.807, 2.05) is 13.8 Å². The van der Waals surface area contributed by atoms with Crippen LogP contribution >= 0.6 is 0 Å². The summed E-state index contributed by atoms with van der Waals surface area (Å²) in [6.07, 6.45) is 1.76. The summed E-state index contributed by atoms with van der Waals surface area (Å²) in [7, 11) is 0. The summed E-state index contributed by atoms with van der Waals surface area (Å²) in [5, 5.41) is 7.43. The molecule has 2 aromatic rings. The van der Waals surface area contributed by atoms with E-state index in [9.17, 15) is 8.78 Å². The highest BCUT2D eigenvalue weighted by atomic mass is 19.1. The maximum Gasteiger partial charge on any atom is 0.151 e. The van der Waals surface area contributed by atoms with Crippen LogP contribution in [0.15, 0.2) is 24.4 Å². The standard InChI is InChI=1S/C13H15F2N3/c1-3-16-7-10-8-18(17-9(10)2)13-5-4-11(14)6-12(13)15/h4-6,8,16H,3,7H2,1-2H3. The molecule has 0 saturated heterocycles. The molecule has 1 aromatic carbocycles. The Morgan fingerprint density at radius 1 is 1.33 bits per heavy atom. The van der Waals surface area contributed by atoms with Gasteiger partial charge in [0.1, 0.15) is 11.5 Å². The molecule has 1 aromatic heterocycles. The van der Waals surface area contributed by atoms with Gasteiger partial charge in [0.2, 0.25) is 0 Å². The normalized spacial score (nSPS) is 10.9. The van der Waals surface area contributed by atoms with Crippen molar-refractivity contribution in [3.05, 3.63) is 47.3 Å². The molecular formula is C13H15F2N3. The van der Waals surface area contributed by atoms with Crippen LogP contribution in [0.25, 0.3) is 5.69 Å². The van der Waals surface area contributed by atoms with Gasteiger partial charge in [0.15, 0.2) is 5.82 Å². The van der Waals surface area contributed by atoms with Crippen molar-refractivity contribution >= 4 is 0 Å². The minimum absolute atomic E-state index is 0.252. The molecule has 0 spiro atoms. The van der Waals surface area contributed by atoms with Crippen LogP contribution in [0.5, 0.6) is 0 Å². The smallest absolute Gasteiger partial charge is 0.151 e. The summed E-state index contributed by atoms with van der Waals surface area (Å²) in [6.45, 7) is 5.42. The number of nitrogens with one attached hydrogen (secondary N) is 1. The molecule has 0 amide bonds. The first-order chi connectivity index (χ1) is 8.61. The Kier molecular flexibility index (Phi) is 3.72. The zero-order valence-electron chi connectivity index (χ0n) is 10.4. The van der Waals surface area contributed by atoms with E-state index in [0.717, 1.165) is 23.9 Å². The number of hydrogen-bond acceptors (Lipinski definition) is 2. The van der Waals surface area contributed by atoms with Gasteiger partial charge in [-0.2, -0.15) is 5.10 Å². The molecule has 0 aliphatic carbocycles. The molecule has 2 rings (SSSR count). The van der Waals surface area contributed by atoms with Crippen molar-refractivity contribution in [2.45, 2.75) is 20.4 Å². The van der Waals surface area contributed by atoms with Gasteiger partial charge >= 0.3 is 0 Å². The molecule has 1 heterocycles. The highest BCUT2D eigenvalue weighted by Gasteiger charge is 2.10. The van der Waals surface area contributed by atoms with E-state index in [1.165, 1.54) is 16.8 Å². The molecule has 0 unspecified atom stereocenters. The molecule has 0 aliphatic rings. The zero-order valence-corrected chi connectivity index (χ0v) is 10.4. The molecule has 3 nitrogen and oxygen atoms in total. The van der Waals surface area contributed by atoms with E-state index < -0.39 is 11.6 Å². The molecule has 1 N–H and O–H groups in total. The van der Waals surface area contributed by atoms with Gasteiger partial charge in [-0.05, 0) is 25.6 Å². The van der Waals surface area contributed by atoms with E-state index in [2.05, 4.69) is 10.4 Å². The van der Waals surface area contributed by atoms with E-state index in [1.54, 1.807) is 6.20 Å². The maximum atomic E-state index is 13.6. The van der Waals surface area contributed by atoms with Crippen LogP contribution in [0.2, 0.25) is 0 Å². The predicted octanol–water partition coefficient (Wildman–Crippen LogP) is 2.57. The molecule has 0 radical (unpaired) electrons. The van der Waals surface area contributed by atoms with Gasteiger partial charge in [-0.1, -0.05) is 6.92 Å². The van der Waals surface area contributed by atoms with Crippen molar-refractivity contribution in [3.63, 3.8) is 0 Å². The first kappa shape index (κ1) is 12.7. The third kappa shape index (κ3) is 2.56. The van der Waals surface area contributed by atoms with Crippen molar-refractivity contribution in [1.29, 1.82) is 0 Å². The van der Waals surface area contributed by atoms with Crippen molar-refractivity contribution < 1.29 is 8.78 Å². The lowest BCUT2D eigenvalue weighted by Crippen LogP contribution is -2.11. The number of hydrogen-bond donors (Lipinski definition) is 1. The molecule has 0 bridgehead atoms. The van der Waals surface area contributed by atoms with Gasteiger partial charge < -0.3 is 5.32 Å². The summed E-state index contributed by atoms with van der Waals surface area (Å²) in [5.41, 5.74) is 2.09. The number of aromatic nitrogens is 2. The van der Waals surface area contributed by atoms with Crippen LogP contribution in [0.4, 0.5) is 8.78 Å². The second-order valence-corrected chi connectivity index (χ2v) is 4.06. The SMILES string of the molecule is CCNCc1cn(-c2ccc(F)cc2F)nc1C. The third-order valence-electron chi connectivity index (χ3n) is 2.72. The monoisotopic (exact) mass is 251 g/mol. The Hall–Kier alpha value is -1.75. The lowest BCUT2D eigenvalue weighted by Gasteiger charge is -2.02. The van der Waals surface area contributed by atoms with Crippen molar-refractivity contribution in [2.24, 2.45) is 0 Å². The fourth-order valence-corrected chi connectivity index (χ4v) is 1.72. The predicted molar refractivity (Wildman–Crippen MR) is 65.6 cm³/mol. The van der Waals surface area contributed by atoms with Gasteiger partial charge in [-0.15, -0.1) is 0 Å². The summed E-state index contributed by atoms with van der Waals surface area (Å²) in [4.78, 5) is 0. The van der Waals surface area contributed by atoms with Gasteiger partial charge in [-0.3, -0.25) is 0 Å². The number of nitrogens with zero attached hydrogens (tertiary/aromatic N) is 2. The quantitative estimate of drug-likeness (QED) is 0.905. The van der Waals surface area contributed by atoms with Crippen LogP contribution in [0, 0.1) is 18.6 Å². The highest BCUT2D eigenvalue weighted by Crippen LogP contribution is 2.16. The first-order valence-corrected chi connectivity index (χ1v) is 5.83. The fraction of sp³-hybridized carbons (Fsp3) is 0.308. The second kappa shape index (κ2) is 5.27. The average Bonchev–Trinajstić information content (AvgIpc) is 2.68. The number of benzene rings is 1. The van der Waals surface area contributed by atoms with Crippen molar-refractivity contribution in [1.82, 2.24) is 15.1 Å². The molecule has 18 heavy (non-hydrogen) atoms. The Bertz CT molecular complexity index is 549. The van der Waals surface area contributed by atoms with Gasteiger partial charge in [0.25, 0.3) is 0 Å². The molecule has 0 saturated carbocycles. The van der Waals surface area contributed by atoms with Crippen molar-refractivity contribution in [2.75, 3.05) is 6.54 Å². The van der Waals surface area contributed by atoms with Crippen LogP contribution in [0.1, 0.15) is 18.2 Å². The second-order valence-electron chi connectivity index (χ2n) is 4.06. The number of halogens is 2. The summed E-state index contributed by atoms with van der Waals surface area (Å²) >= 11 is 0. The van der Waals surface area contributed by atoms with Crippen molar-refractivity contribution in [3.8, 4) is 5.69 Å². The molecule has 96 valence electrons. The first-order valence-electron chi connectivity index (χ1n) is 5.83. The minimum atomic E-state index is -0.618. The third-order valence-corrected chi connectivity index (χ3v) is 2.72. The Balaban J connectivity index is 2.33. The molecule has 0 fully saturated rings. The maximum absolute atomic E-state index is 13.6. The number of aryl methyl sites for hydroxylation is 1. The largest absolute Gasteiger partial charge is 0.313 e. The lowest BCUT2D eigenvalue weighted by atomic mass is 10.2. The lowest BCUT2D eigenvalue weighted by molar-refractivity contribution is 0.573.